The number of hydroxylamine groups is 1. The standard InChI is InChI=1S/C8H18N3O2.Rb/c1-2-3-4-6-10-8(12)11-13-7-5-9;/h9H,2-7H2,1H3,(H2,10,11,12);/q-1;+1. The van der Waals surface area contributed by atoms with E-state index in [4.69, 9.17) is 5.73 Å². The molecule has 0 bridgehead atoms. The van der Waals surface area contributed by atoms with Crippen molar-refractivity contribution >= 4 is 6.03 Å². The molecule has 0 saturated carbocycles. The number of hydrogen-bond acceptors (Lipinski definition) is 2. The molecule has 0 atom stereocenters. The molecule has 0 rings (SSSR count). The van der Waals surface area contributed by atoms with Gasteiger partial charge in [0.2, 0.25) is 0 Å². The van der Waals surface area contributed by atoms with E-state index >= 15 is 0 Å². The molecule has 0 unspecified atom stereocenters. The van der Waals surface area contributed by atoms with Crippen molar-refractivity contribution in [3.05, 3.63) is 5.73 Å². The minimum absolute atomic E-state index is 0. The molecular weight excluding hydrogens is 256 g/mol. The number of urea groups is 1. The third-order valence-corrected chi connectivity index (χ3v) is 1.43. The summed E-state index contributed by atoms with van der Waals surface area (Å²) in [4.78, 5) is 15.5. The largest absolute Gasteiger partial charge is 1.00 e. The zero-order valence-electron chi connectivity index (χ0n) is 9.06. The van der Waals surface area contributed by atoms with Crippen LogP contribution in [0, 0.1) is 0 Å². The zero-order chi connectivity index (χ0) is 9.94. The summed E-state index contributed by atoms with van der Waals surface area (Å²) in [7, 11) is 0. The van der Waals surface area contributed by atoms with Crippen molar-refractivity contribution in [3.8, 4) is 0 Å². The van der Waals surface area contributed by atoms with Gasteiger partial charge < -0.3 is 11.1 Å². The monoisotopic (exact) mass is 273 g/mol. The predicted molar refractivity (Wildman–Crippen MR) is 51.2 cm³/mol. The first-order chi connectivity index (χ1) is 6.31. The first-order valence-electron chi connectivity index (χ1n) is 4.61. The van der Waals surface area contributed by atoms with Gasteiger partial charge in [0.15, 0.2) is 0 Å². The van der Waals surface area contributed by atoms with Crippen molar-refractivity contribution in [2.75, 3.05) is 19.7 Å². The van der Waals surface area contributed by atoms with Crippen LogP contribution in [0.4, 0.5) is 4.79 Å². The number of rotatable bonds is 7. The topological polar surface area (TPSA) is 74.2 Å². The van der Waals surface area contributed by atoms with Gasteiger partial charge in [-0.1, -0.05) is 19.8 Å². The summed E-state index contributed by atoms with van der Waals surface area (Å²) < 4.78 is 0. The van der Waals surface area contributed by atoms with Gasteiger partial charge in [-0.3, -0.25) is 4.84 Å². The molecule has 6 heteroatoms. The van der Waals surface area contributed by atoms with Crippen molar-refractivity contribution in [3.63, 3.8) is 0 Å². The molecule has 0 saturated heterocycles. The van der Waals surface area contributed by atoms with Crippen LogP contribution >= 0.6 is 0 Å². The summed E-state index contributed by atoms with van der Waals surface area (Å²) >= 11 is 0. The van der Waals surface area contributed by atoms with Crippen LogP contribution in [0.5, 0.6) is 0 Å². The molecule has 0 aliphatic heterocycles. The fraction of sp³-hybridized carbons (Fsp3) is 0.875. The molecule has 0 aromatic heterocycles. The number of carbonyl (C=O) groups is 1. The van der Waals surface area contributed by atoms with Crippen LogP contribution in [0.3, 0.4) is 0 Å². The number of amides is 2. The fourth-order valence-electron chi connectivity index (χ4n) is 0.781. The van der Waals surface area contributed by atoms with Crippen molar-refractivity contribution in [2.45, 2.75) is 26.2 Å². The smallest absolute Gasteiger partial charge is 0.675 e. The van der Waals surface area contributed by atoms with Crippen LogP contribution in [0.25, 0.3) is 5.73 Å². The summed E-state index contributed by atoms with van der Waals surface area (Å²) in [5.74, 6) is 0. The van der Waals surface area contributed by atoms with Crippen molar-refractivity contribution < 1.29 is 67.8 Å². The zero-order valence-corrected chi connectivity index (χ0v) is 14.0. The molecule has 2 amide bonds. The Morgan fingerprint density at radius 3 is 2.71 bits per heavy atom. The van der Waals surface area contributed by atoms with Gasteiger partial charge in [-0.2, -0.15) is 0 Å². The Kier molecular flexibility index (Phi) is 17.4. The second-order valence-corrected chi connectivity index (χ2v) is 2.66. The average molecular weight is 274 g/mol. The summed E-state index contributed by atoms with van der Waals surface area (Å²) in [6.07, 6.45) is 3.24. The van der Waals surface area contributed by atoms with E-state index in [0.29, 0.717) is 6.54 Å². The van der Waals surface area contributed by atoms with E-state index in [2.05, 4.69) is 22.6 Å². The first kappa shape index (κ1) is 17.4. The van der Waals surface area contributed by atoms with Crippen LogP contribution < -0.4 is 69.0 Å². The second-order valence-electron chi connectivity index (χ2n) is 2.66. The maximum Gasteiger partial charge on any atom is 1.00 e. The summed E-state index contributed by atoms with van der Waals surface area (Å²) in [6, 6.07) is -0.329. The Hall–Kier alpha value is 0.995. The molecule has 14 heavy (non-hydrogen) atoms. The van der Waals surface area contributed by atoms with Gasteiger partial charge in [0.05, 0.1) is 6.61 Å². The number of unbranched alkanes of at least 4 members (excludes halogenated alkanes) is 2. The first-order valence-corrected chi connectivity index (χ1v) is 4.61. The Bertz CT molecular complexity index is 136. The number of hydrogen-bond donors (Lipinski definition) is 2. The maximum absolute atomic E-state index is 10.9. The summed E-state index contributed by atoms with van der Waals surface area (Å²) in [5, 5.41) is 2.64. The van der Waals surface area contributed by atoms with Gasteiger partial charge in [-0.25, -0.2) is 10.3 Å². The van der Waals surface area contributed by atoms with E-state index in [1.54, 1.807) is 0 Å². The SMILES string of the molecule is CCCCCNC(=O)NOCC[NH-].[Rb+]. The van der Waals surface area contributed by atoms with Gasteiger partial charge in [0, 0.05) is 6.54 Å². The molecule has 0 aliphatic carbocycles. The van der Waals surface area contributed by atoms with Gasteiger partial charge in [0.25, 0.3) is 0 Å². The van der Waals surface area contributed by atoms with Crippen molar-refractivity contribution in [1.29, 1.82) is 0 Å². The molecule has 0 fully saturated rings. The molecular formula is C8H18N3O2Rb. The van der Waals surface area contributed by atoms with Crippen molar-refractivity contribution in [2.24, 2.45) is 0 Å². The van der Waals surface area contributed by atoms with Crippen molar-refractivity contribution in [1.82, 2.24) is 10.8 Å². The van der Waals surface area contributed by atoms with E-state index in [9.17, 15) is 4.79 Å². The normalized spacial score (nSPS) is 9.00. The quantitative estimate of drug-likeness (QED) is 0.436. The third kappa shape index (κ3) is 13.0. The molecule has 0 aromatic rings. The maximum atomic E-state index is 10.9. The molecule has 0 spiro atoms. The molecule has 0 heterocycles. The Morgan fingerprint density at radius 1 is 1.43 bits per heavy atom. The average Bonchev–Trinajstić information content (AvgIpc) is 2.13. The Balaban J connectivity index is 0. The van der Waals surface area contributed by atoms with Gasteiger partial charge in [-0.15, -0.1) is 6.54 Å². The minimum atomic E-state index is -0.329. The van der Waals surface area contributed by atoms with Gasteiger partial charge >= 0.3 is 64.2 Å². The van der Waals surface area contributed by atoms with Gasteiger partial charge in [-0.05, 0) is 6.42 Å². The van der Waals surface area contributed by atoms with E-state index in [-0.39, 0.29) is 77.4 Å². The number of nitrogens with one attached hydrogen (secondary N) is 3. The molecule has 0 radical (unpaired) electrons. The summed E-state index contributed by atoms with van der Waals surface area (Å²) in [6.45, 7) is 3.15. The fourth-order valence-corrected chi connectivity index (χ4v) is 0.781. The van der Waals surface area contributed by atoms with E-state index in [0.717, 1.165) is 19.3 Å². The summed E-state index contributed by atoms with van der Waals surface area (Å²) in [5.41, 5.74) is 8.93. The molecule has 3 N–H and O–H groups in total. The van der Waals surface area contributed by atoms with Crippen LogP contribution in [0.1, 0.15) is 26.2 Å². The van der Waals surface area contributed by atoms with Gasteiger partial charge in [0.1, 0.15) is 0 Å². The van der Waals surface area contributed by atoms with Crippen LogP contribution in [0.15, 0.2) is 0 Å². The predicted octanol–water partition coefficient (Wildman–Crippen LogP) is -1.54. The molecule has 0 aromatic carbocycles. The van der Waals surface area contributed by atoms with E-state index in [1.165, 1.54) is 0 Å². The molecule has 78 valence electrons. The van der Waals surface area contributed by atoms with Crippen LogP contribution in [-0.2, 0) is 4.84 Å². The van der Waals surface area contributed by atoms with E-state index < -0.39 is 0 Å². The third-order valence-electron chi connectivity index (χ3n) is 1.43. The Labute approximate surface area is 134 Å². The molecule has 0 aliphatic rings. The number of carbonyl (C=O) groups excluding carboxylic acids is 1. The minimum Gasteiger partial charge on any atom is -0.675 e. The second kappa shape index (κ2) is 14.0. The molecule has 5 nitrogen and oxygen atoms in total. The van der Waals surface area contributed by atoms with Crippen LogP contribution in [-0.4, -0.2) is 25.7 Å². The van der Waals surface area contributed by atoms with Crippen LogP contribution in [0.2, 0.25) is 0 Å². The van der Waals surface area contributed by atoms with E-state index in [1.807, 2.05) is 0 Å². The Morgan fingerprint density at radius 2 is 2.14 bits per heavy atom.